The van der Waals surface area contributed by atoms with Crippen molar-refractivity contribution in [2.75, 3.05) is 18.6 Å². The fourth-order valence-electron chi connectivity index (χ4n) is 4.19. The number of amides is 1. The predicted octanol–water partition coefficient (Wildman–Crippen LogP) is 6.09. The number of aromatic nitrogens is 1. The minimum absolute atomic E-state index is 0.104. The lowest BCUT2D eigenvalue weighted by Gasteiger charge is -2.23. The van der Waals surface area contributed by atoms with Gasteiger partial charge in [-0.3, -0.25) is 14.5 Å². The second kappa shape index (κ2) is 11.8. The summed E-state index contributed by atoms with van der Waals surface area (Å²) in [5.41, 5.74) is 1.13. The number of esters is 1. The van der Waals surface area contributed by atoms with E-state index in [1.54, 1.807) is 55.5 Å². The van der Waals surface area contributed by atoms with E-state index < -0.39 is 23.7 Å². The van der Waals surface area contributed by atoms with Crippen molar-refractivity contribution in [3.63, 3.8) is 0 Å². The van der Waals surface area contributed by atoms with E-state index in [-0.39, 0.29) is 21.3 Å². The van der Waals surface area contributed by atoms with Crippen LogP contribution in [0.4, 0.5) is 5.13 Å². The van der Waals surface area contributed by atoms with Gasteiger partial charge in [-0.15, -0.1) is 0 Å². The molecule has 198 valence electrons. The molecule has 1 amide bonds. The van der Waals surface area contributed by atoms with Crippen LogP contribution in [0, 0.1) is 6.92 Å². The quantitative estimate of drug-likeness (QED) is 0.112. The van der Waals surface area contributed by atoms with E-state index in [1.807, 2.05) is 0 Å². The summed E-state index contributed by atoms with van der Waals surface area (Å²) in [5.74, 6) is -2.11. The van der Waals surface area contributed by atoms with Crippen LogP contribution in [0.2, 0.25) is 5.02 Å². The molecule has 0 saturated carbocycles. The number of ketones is 1. The summed E-state index contributed by atoms with van der Waals surface area (Å²) in [7, 11) is 1.26. The average molecular weight is 555 g/mol. The lowest BCUT2D eigenvalue weighted by atomic mass is 9.95. The minimum atomic E-state index is -1.01. The lowest BCUT2D eigenvalue weighted by Crippen LogP contribution is -2.29. The van der Waals surface area contributed by atoms with Crippen LogP contribution >= 0.6 is 22.9 Å². The molecule has 38 heavy (non-hydrogen) atoms. The summed E-state index contributed by atoms with van der Waals surface area (Å²) in [6.07, 6.45) is 2.99. The highest BCUT2D eigenvalue weighted by molar-refractivity contribution is 7.17. The molecular weight excluding hydrogens is 528 g/mol. The molecule has 4 rings (SSSR count). The highest BCUT2D eigenvalue weighted by Crippen LogP contribution is 2.44. The van der Waals surface area contributed by atoms with Crippen LogP contribution in [-0.4, -0.2) is 41.5 Å². The Morgan fingerprint density at radius 2 is 1.89 bits per heavy atom. The molecule has 1 N–H and O–H groups in total. The number of ether oxygens (including phenoxy) is 2. The zero-order valence-electron chi connectivity index (χ0n) is 21.2. The smallest absolute Gasteiger partial charge is 0.350 e. The average Bonchev–Trinajstić information content (AvgIpc) is 3.43. The number of aliphatic hydroxyl groups is 1. The summed E-state index contributed by atoms with van der Waals surface area (Å²) in [5, 5.41) is 11.9. The van der Waals surface area contributed by atoms with Crippen molar-refractivity contribution in [1.29, 1.82) is 0 Å². The SMILES string of the molecule is CCCCCOc1cccc(C2C(=C(O)c3ccc(Cl)cc3)C(=O)C(=O)N2c2nc(C)c(C(=O)OC)s2)c1. The monoisotopic (exact) mass is 554 g/mol. The van der Waals surface area contributed by atoms with E-state index in [2.05, 4.69) is 11.9 Å². The standard InChI is InChI=1S/C28H27ClN2O6S/c1-4-5-6-14-37-20-9-7-8-18(15-20)22-21(23(32)17-10-12-19(29)13-11-17)24(33)26(34)31(22)28-30-16(2)25(38-28)27(35)36-3/h7-13,15,22,32H,4-6,14H2,1-3H3. The largest absolute Gasteiger partial charge is 0.507 e. The van der Waals surface area contributed by atoms with Gasteiger partial charge in [-0.25, -0.2) is 9.78 Å². The molecule has 8 nitrogen and oxygen atoms in total. The fourth-order valence-corrected chi connectivity index (χ4v) is 5.33. The molecule has 0 radical (unpaired) electrons. The number of rotatable bonds is 9. The van der Waals surface area contributed by atoms with Crippen LogP contribution in [0.3, 0.4) is 0 Å². The van der Waals surface area contributed by atoms with E-state index in [0.29, 0.717) is 34.2 Å². The third-order valence-corrected chi connectivity index (χ3v) is 7.50. The number of carbonyl (C=O) groups is 3. The number of hydrogen-bond acceptors (Lipinski definition) is 8. The molecule has 1 unspecified atom stereocenters. The summed E-state index contributed by atoms with van der Waals surface area (Å²) >= 11 is 6.95. The molecule has 1 aliphatic heterocycles. The molecule has 3 aromatic rings. The topological polar surface area (TPSA) is 106 Å². The second-order valence-corrected chi connectivity index (χ2v) is 10.1. The molecule has 1 atom stereocenters. The Hall–Kier alpha value is -3.69. The molecule has 2 heterocycles. The van der Waals surface area contributed by atoms with Gasteiger partial charge in [0.1, 0.15) is 16.4 Å². The zero-order valence-corrected chi connectivity index (χ0v) is 22.8. The van der Waals surface area contributed by atoms with Gasteiger partial charge in [0.15, 0.2) is 5.13 Å². The molecule has 0 spiro atoms. The molecule has 0 bridgehead atoms. The molecule has 10 heteroatoms. The summed E-state index contributed by atoms with van der Waals surface area (Å²) in [6.45, 7) is 4.25. The van der Waals surface area contributed by atoms with E-state index in [0.717, 1.165) is 30.6 Å². The Morgan fingerprint density at radius 1 is 1.16 bits per heavy atom. The van der Waals surface area contributed by atoms with Crippen LogP contribution in [0.25, 0.3) is 5.76 Å². The van der Waals surface area contributed by atoms with E-state index in [9.17, 15) is 19.5 Å². The first kappa shape index (κ1) is 27.3. The van der Waals surface area contributed by atoms with E-state index in [4.69, 9.17) is 21.1 Å². The Labute approximate surface area is 229 Å². The normalized spacial score (nSPS) is 16.6. The van der Waals surface area contributed by atoms with Crippen molar-refractivity contribution in [3.8, 4) is 5.75 Å². The first-order chi connectivity index (χ1) is 18.3. The number of methoxy groups -OCH3 is 1. The molecule has 1 fully saturated rings. The predicted molar refractivity (Wildman–Crippen MR) is 146 cm³/mol. The Balaban J connectivity index is 1.85. The van der Waals surface area contributed by atoms with Crippen LogP contribution in [0.1, 0.15) is 58.7 Å². The van der Waals surface area contributed by atoms with Gasteiger partial charge < -0.3 is 14.6 Å². The maximum atomic E-state index is 13.4. The van der Waals surface area contributed by atoms with Gasteiger partial charge in [-0.05, 0) is 55.3 Å². The van der Waals surface area contributed by atoms with Crippen LogP contribution in [0.5, 0.6) is 5.75 Å². The van der Waals surface area contributed by atoms with Gasteiger partial charge in [0, 0.05) is 10.6 Å². The van der Waals surface area contributed by atoms with Gasteiger partial charge in [0.25, 0.3) is 5.78 Å². The summed E-state index contributed by atoms with van der Waals surface area (Å²) < 4.78 is 10.7. The first-order valence-electron chi connectivity index (χ1n) is 12.1. The van der Waals surface area contributed by atoms with E-state index >= 15 is 0 Å². The molecule has 1 saturated heterocycles. The zero-order chi connectivity index (χ0) is 27.4. The van der Waals surface area contributed by atoms with Gasteiger partial charge in [0.2, 0.25) is 0 Å². The molecular formula is C28H27ClN2O6S. The maximum absolute atomic E-state index is 13.4. The number of thiazole rings is 1. The number of nitrogens with zero attached hydrogens (tertiary/aromatic N) is 2. The Morgan fingerprint density at radius 3 is 2.58 bits per heavy atom. The number of benzene rings is 2. The maximum Gasteiger partial charge on any atom is 0.350 e. The Kier molecular flexibility index (Phi) is 8.48. The molecule has 1 aromatic heterocycles. The fraction of sp³-hybridized carbons (Fsp3) is 0.286. The number of carbonyl (C=O) groups excluding carboxylic acids is 3. The number of hydrogen-bond donors (Lipinski definition) is 1. The second-order valence-electron chi connectivity index (χ2n) is 8.71. The van der Waals surface area contributed by atoms with Crippen molar-refractivity contribution < 1.29 is 29.0 Å². The van der Waals surface area contributed by atoms with Gasteiger partial charge in [0.05, 0.1) is 31.0 Å². The van der Waals surface area contributed by atoms with Crippen molar-refractivity contribution in [2.24, 2.45) is 0 Å². The number of anilines is 1. The minimum Gasteiger partial charge on any atom is -0.507 e. The van der Waals surface area contributed by atoms with Crippen molar-refractivity contribution >= 4 is 51.5 Å². The third-order valence-electron chi connectivity index (χ3n) is 6.11. The lowest BCUT2D eigenvalue weighted by molar-refractivity contribution is -0.132. The summed E-state index contributed by atoms with van der Waals surface area (Å²) in [4.78, 5) is 44.9. The van der Waals surface area contributed by atoms with Crippen LogP contribution < -0.4 is 9.64 Å². The number of unbranched alkanes of at least 4 members (excludes halogenated alkanes) is 2. The molecule has 0 aliphatic carbocycles. The highest BCUT2D eigenvalue weighted by Gasteiger charge is 2.48. The van der Waals surface area contributed by atoms with E-state index in [1.165, 1.54) is 12.0 Å². The first-order valence-corrected chi connectivity index (χ1v) is 13.3. The molecule has 2 aromatic carbocycles. The third kappa shape index (κ3) is 5.44. The van der Waals surface area contributed by atoms with Gasteiger partial charge in [-0.2, -0.15) is 0 Å². The summed E-state index contributed by atoms with van der Waals surface area (Å²) in [6, 6.07) is 12.3. The number of Topliss-reactive ketones (excluding diaryl/α,β-unsaturated/α-hetero) is 1. The number of aliphatic hydroxyl groups excluding tert-OH is 1. The van der Waals surface area contributed by atoms with Crippen molar-refractivity contribution in [1.82, 2.24) is 4.98 Å². The number of aryl methyl sites for hydroxylation is 1. The Bertz CT molecular complexity index is 1400. The number of halogens is 1. The molecule has 1 aliphatic rings. The van der Waals surface area contributed by atoms with Crippen molar-refractivity contribution in [2.45, 2.75) is 39.2 Å². The van der Waals surface area contributed by atoms with Gasteiger partial charge in [-0.1, -0.05) is 54.8 Å². The van der Waals surface area contributed by atoms with Gasteiger partial charge >= 0.3 is 11.9 Å². The van der Waals surface area contributed by atoms with Crippen LogP contribution in [-0.2, 0) is 14.3 Å². The van der Waals surface area contributed by atoms with Crippen LogP contribution in [0.15, 0.2) is 54.1 Å². The van der Waals surface area contributed by atoms with Crippen molar-refractivity contribution in [3.05, 3.63) is 80.8 Å². The highest BCUT2D eigenvalue weighted by atomic mass is 35.5.